The molecule has 1 fully saturated rings. The molecule has 0 spiro atoms. The van der Waals surface area contributed by atoms with Crippen molar-refractivity contribution in [2.45, 2.75) is 26.3 Å². The number of hydrogen-bond acceptors (Lipinski definition) is 2. The molecule has 112 valence electrons. The summed E-state index contributed by atoms with van der Waals surface area (Å²) < 4.78 is 0. The average molecular weight is 336 g/mol. The van der Waals surface area contributed by atoms with Gasteiger partial charge in [-0.3, -0.25) is 4.90 Å². The molecule has 1 saturated heterocycles. The summed E-state index contributed by atoms with van der Waals surface area (Å²) in [7, 11) is 0. The average Bonchev–Trinajstić information content (AvgIpc) is 2.43. The summed E-state index contributed by atoms with van der Waals surface area (Å²) in [5.74, 6) is 0.570. The van der Waals surface area contributed by atoms with Gasteiger partial charge in [-0.1, -0.05) is 48.7 Å². The van der Waals surface area contributed by atoms with E-state index in [-0.39, 0.29) is 6.04 Å². The van der Waals surface area contributed by atoms with E-state index in [1.807, 2.05) is 6.07 Å². The first-order valence-electron chi connectivity index (χ1n) is 7.09. The summed E-state index contributed by atoms with van der Waals surface area (Å²) in [5.41, 5.74) is 0.983. The van der Waals surface area contributed by atoms with Crippen LogP contribution in [0.25, 0.3) is 0 Å². The molecule has 1 aromatic carbocycles. The van der Waals surface area contributed by atoms with Gasteiger partial charge in [0.05, 0.1) is 10.0 Å². The Kier molecular flexibility index (Phi) is 6.00. The Bertz CT molecular complexity index is 457. The van der Waals surface area contributed by atoms with Crippen LogP contribution in [-0.4, -0.2) is 31.1 Å². The molecule has 1 aromatic rings. The number of halogens is 3. The molecule has 1 aliphatic heterocycles. The van der Waals surface area contributed by atoms with Crippen molar-refractivity contribution >= 4 is 34.8 Å². The molecule has 1 heterocycles. The van der Waals surface area contributed by atoms with Gasteiger partial charge in [0.2, 0.25) is 0 Å². The molecule has 5 heteroatoms. The maximum atomic E-state index is 6.44. The SMILES string of the molecule is CC(C)C[C@@H](c1c(Cl)ccc(Cl)c1Cl)N1CCNCC1. The Morgan fingerprint density at radius 3 is 2.30 bits per heavy atom. The van der Waals surface area contributed by atoms with E-state index in [1.165, 1.54) is 0 Å². The molecule has 0 unspecified atom stereocenters. The van der Waals surface area contributed by atoms with Crippen LogP contribution in [-0.2, 0) is 0 Å². The molecule has 0 bridgehead atoms. The highest BCUT2D eigenvalue weighted by molar-refractivity contribution is 6.44. The summed E-state index contributed by atoms with van der Waals surface area (Å²) in [5, 5.41) is 5.27. The highest BCUT2D eigenvalue weighted by Gasteiger charge is 2.27. The summed E-state index contributed by atoms with van der Waals surface area (Å²) in [6.07, 6.45) is 1.03. The van der Waals surface area contributed by atoms with Crippen molar-refractivity contribution in [3.63, 3.8) is 0 Å². The zero-order chi connectivity index (χ0) is 14.7. The van der Waals surface area contributed by atoms with Crippen LogP contribution < -0.4 is 5.32 Å². The molecule has 20 heavy (non-hydrogen) atoms. The lowest BCUT2D eigenvalue weighted by Crippen LogP contribution is -2.45. The van der Waals surface area contributed by atoms with Crippen LogP contribution in [0.2, 0.25) is 15.1 Å². The van der Waals surface area contributed by atoms with Crippen LogP contribution in [0.5, 0.6) is 0 Å². The highest BCUT2D eigenvalue weighted by atomic mass is 35.5. The zero-order valence-electron chi connectivity index (χ0n) is 11.9. The van der Waals surface area contributed by atoms with E-state index in [0.717, 1.165) is 38.2 Å². The Morgan fingerprint density at radius 2 is 1.70 bits per heavy atom. The first kappa shape index (κ1) is 16.4. The largest absolute Gasteiger partial charge is 0.314 e. The first-order chi connectivity index (χ1) is 9.50. The third kappa shape index (κ3) is 3.80. The topological polar surface area (TPSA) is 15.3 Å². The third-order valence-corrected chi connectivity index (χ3v) is 4.85. The van der Waals surface area contributed by atoms with Crippen LogP contribution in [0, 0.1) is 5.92 Å². The standard InChI is InChI=1S/C15H21Cl3N2/c1-10(2)9-13(20-7-5-19-6-8-20)14-11(16)3-4-12(17)15(14)18/h3-4,10,13,19H,5-9H2,1-2H3/t13-/m0/s1. The van der Waals surface area contributed by atoms with E-state index in [4.69, 9.17) is 34.8 Å². The van der Waals surface area contributed by atoms with Gasteiger partial charge in [-0.2, -0.15) is 0 Å². The van der Waals surface area contributed by atoms with Gasteiger partial charge in [-0.25, -0.2) is 0 Å². The molecule has 0 aromatic heterocycles. The van der Waals surface area contributed by atoms with Gasteiger partial charge < -0.3 is 5.32 Å². The summed E-state index contributed by atoms with van der Waals surface area (Å²) in [6, 6.07) is 3.84. The fourth-order valence-corrected chi connectivity index (χ4v) is 3.53. The maximum absolute atomic E-state index is 6.44. The predicted molar refractivity (Wildman–Crippen MR) is 88.1 cm³/mol. The van der Waals surface area contributed by atoms with Crippen LogP contribution >= 0.6 is 34.8 Å². The summed E-state index contributed by atoms with van der Waals surface area (Å²) >= 11 is 19.0. The lowest BCUT2D eigenvalue weighted by molar-refractivity contribution is 0.154. The van der Waals surface area contributed by atoms with Crippen molar-refractivity contribution in [2.24, 2.45) is 5.92 Å². The second-order valence-electron chi connectivity index (χ2n) is 5.69. The number of hydrogen-bond donors (Lipinski definition) is 1. The molecule has 2 nitrogen and oxygen atoms in total. The van der Waals surface area contributed by atoms with Crippen LogP contribution in [0.15, 0.2) is 12.1 Å². The number of nitrogens with zero attached hydrogens (tertiary/aromatic N) is 1. The van der Waals surface area contributed by atoms with E-state index < -0.39 is 0 Å². The van der Waals surface area contributed by atoms with Crippen molar-refractivity contribution in [1.29, 1.82) is 0 Å². The Morgan fingerprint density at radius 1 is 1.10 bits per heavy atom. The highest BCUT2D eigenvalue weighted by Crippen LogP contribution is 2.40. The second-order valence-corrected chi connectivity index (χ2v) is 6.88. The van der Waals surface area contributed by atoms with Gasteiger partial charge in [0.15, 0.2) is 0 Å². The molecule has 0 saturated carbocycles. The van der Waals surface area contributed by atoms with Gasteiger partial charge in [-0.05, 0) is 24.5 Å². The van der Waals surface area contributed by atoms with Crippen LogP contribution in [0.4, 0.5) is 0 Å². The second kappa shape index (κ2) is 7.33. The molecule has 1 aliphatic rings. The van der Waals surface area contributed by atoms with Crippen LogP contribution in [0.3, 0.4) is 0 Å². The van der Waals surface area contributed by atoms with Crippen molar-refractivity contribution in [1.82, 2.24) is 10.2 Å². The lowest BCUT2D eigenvalue weighted by atomic mass is 9.95. The fraction of sp³-hybridized carbons (Fsp3) is 0.600. The summed E-state index contributed by atoms with van der Waals surface area (Å²) in [6.45, 7) is 8.48. The minimum absolute atomic E-state index is 0.232. The number of benzene rings is 1. The van der Waals surface area contributed by atoms with Crippen molar-refractivity contribution in [2.75, 3.05) is 26.2 Å². The predicted octanol–water partition coefficient (Wildman–Crippen LogP) is 4.64. The molecule has 1 N–H and O–H groups in total. The zero-order valence-corrected chi connectivity index (χ0v) is 14.2. The van der Waals surface area contributed by atoms with E-state index in [0.29, 0.717) is 21.0 Å². The van der Waals surface area contributed by atoms with Gasteiger partial charge >= 0.3 is 0 Å². The van der Waals surface area contributed by atoms with E-state index in [2.05, 4.69) is 24.1 Å². The minimum atomic E-state index is 0.232. The van der Waals surface area contributed by atoms with Crippen LogP contribution in [0.1, 0.15) is 31.9 Å². The molecule has 2 rings (SSSR count). The molecule has 0 radical (unpaired) electrons. The molecular formula is C15H21Cl3N2. The lowest BCUT2D eigenvalue weighted by Gasteiger charge is -2.37. The first-order valence-corrected chi connectivity index (χ1v) is 8.22. The van der Waals surface area contributed by atoms with E-state index in [9.17, 15) is 0 Å². The maximum Gasteiger partial charge on any atom is 0.0655 e. The third-order valence-electron chi connectivity index (χ3n) is 3.70. The number of piperazine rings is 1. The molecule has 1 atom stereocenters. The van der Waals surface area contributed by atoms with Gasteiger partial charge in [0.1, 0.15) is 0 Å². The monoisotopic (exact) mass is 334 g/mol. The van der Waals surface area contributed by atoms with E-state index in [1.54, 1.807) is 6.07 Å². The number of nitrogens with one attached hydrogen (secondary N) is 1. The molecule has 0 amide bonds. The Balaban J connectivity index is 2.37. The van der Waals surface area contributed by atoms with Crippen molar-refractivity contribution in [3.8, 4) is 0 Å². The smallest absolute Gasteiger partial charge is 0.0655 e. The van der Waals surface area contributed by atoms with Gasteiger partial charge in [0, 0.05) is 42.8 Å². The van der Waals surface area contributed by atoms with Gasteiger partial charge in [-0.15, -0.1) is 0 Å². The minimum Gasteiger partial charge on any atom is -0.314 e. The van der Waals surface area contributed by atoms with Gasteiger partial charge in [0.25, 0.3) is 0 Å². The van der Waals surface area contributed by atoms with E-state index >= 15 is 0 Å². The van der Waals surface area contributed by atoms with Crippen molar-refractivity contribution < 1.29 is 0 Å². The van der Waals surface area contributed by atoms with Crippen molar-refractivity contribution in [3.05, 3.63) is 32.8 Å². The Hall–Kier alpha value is 0.01000. The quantitative estimate of drug-likeness (QED) is 0.806. The molecule has 0 aliphatic carbocycles. The summed E-state index contributed by atoms with van der Waals surface area (Å²) in [4.78, 5) is 2.46. The normalized spacial score (nSPS) is 18.5. The number of rotatable bonds is 4. The molecular weight excluding hydrogens is 315 g/mol. The fourth-order valence-electron chi connectivity index (χ4n) is 2.74. The Labute approximate surface area is 136 Å².